The van der Waals surface area contributed by atoms with Crippen molar-refractivity contribution in [1.29, 1.82) is 0 Å². The van der Waals surface area contributed by atoms with Crippen molar-refractivity contribution in [2.24, 2.45) is 0 Å². The first-order valence-corrected chi connectivity index (χ1v) is 22.4. The standard InChI is InChI=1S/C8H19OP.C5H5.CH3.2BrH.Ir/c1-3-5-7-10(9)8-6-4-2;1-2-4-5-3-1;;;;/h9H,3-8H2,1-2H3;1-3H,4H2;1H3;2*1H;/q;;;;;+2/p-2. The van der Waals surface area contributed by atoms with Crippen molar-refractivity contribution >= 4 is 35.1 Å². The minimum atomic E-state index is -1.76. The molecule has 19 heavy (non-hydrogen) atoms. The molecule has 0 spiro atoms. The number of halogens is 2. The molecule has 0 unspecified atom stereocenters. The van der Waals surface area contributed by atoms with Crippen molar-refractivity contribution in [3.63, 3.8) is 0 Å². The van der Waals surface area contributed by atoms with E-state index in [2.05, 4.69) is 64.5 Å². The van der Waals surface area contributed by atoms with Crippen LogP contribution in [0.15, 0.2) is 22.3 Å². The second kappa shape index (κ2) is 12.1. The first kappa shape index (κ1) is 20.5. The van der Waals surface area contributed by atoms with Gasteiger partial charge in [-0.2, -0.15) is 0 Å². The molecule has 0 aromatic heterocycles. The third-order valence-electron chi connectivity index (χ3n) is 2.62. The molecule has 1 N–H and O–H groups in total. The van der Waals surface area contributed by atoms with Gasteiger partial charge in [-0.3, -0.25) is 0 Å². The molecule has 1 rings (SSSR count). The van der Waals surface area contributed by atoms with Crippen LogP contribution in [-0.2, 0) is 11.3 Å². The van der Waals surface area contributed by atoms with Gasteiger partial charge >= 0.3 is 72.4 Å². The fourth-order valence-corrected chi connectivity index (χ4v) is 8.29. The van der Waals surface area contributed by atoms with E-state index in [0.29, 0.717) is 0 Å². The molecule has 0 aliphatic heterocycles. The van der Waals surface area contributed by atoms with E-state index in [0.717, 1.165) is 18.7 Å². The van der Waals surface area contributed by atoms with Gasteiger partial charge in [-0.25, -0.2) is 0 Å². The van der Waals surface area contributed by atoms with Crippen LogP contribution in [0.3, 0.4) is 0 Å². The normalized spacial score (nSPS) is 15.2. The molecule has 1 nitrogen and oxygen atoms in total. The molecule has 0 bridgehead atoms. The average Bonchev–Trinajstić information content (AvgIpc) is 2.88. The van der Waals surface area contributed by atoms with E-state index in [-0.39, 0.29) is 0 Å². The van der Waals surface area contributed by atoms with Gasteiger partial charge in [-0.05, 0) is 25.2 Å². The van der Waals surface area contributed by atoms with E-state index in [1.165, 1.54) is 25.7 Å². The Hall–Kier alpha value is 1.48. The van der Waals surface area contributed by atoms with Gasteiger partial charge in [-0.1, -0.05) is 26.7 Å². The summed E-state index contributed by atoms with van der Waals surface area (Å²) < 4.78 is 1.56. The summed E-state index contributed by atoms with van der Waals surface area (Å²) in [5, 5.41) is 0. The summed E-state index contributed by atoms with van der Waals surface area (Å²) in [4.78, 5) is 9.38. The van der Waals surface area contributed by atoms with Gasteiger partial charge < -0.3 is 4.89 Å². The van der Waals surface area contributed by atoms with Gasteiger partial charge in [0.25, 0.3) is 0 Å². The van der Waals surface area contributed by atoms with Gasteiger partial charge in [-0.15, -0.1) is 0 Å². The zero-order chi connectivity index (χ0) is 14.7. The van der Waals surface area contributed by atoms with Gasteiger partial charge in [0.15, 0.2) is 0 Å². The number of unbranched alkanes of at least 4 members (excludes halogenated alkanes) is 2. The van der Waals surface area contributed by atoms with E-state index in [9.17, 15) is 4.89 Å². The molecule has 0 saturated heterocycles. The van der Waals surface area contributed by atoms with Crippen LogP contribution in [0.25, 0.3) is 0 Å². The molecule has 5 heteroatoms. The summed E-state index contributed by atoms with van der Waals surface area (Å²) in [6.45, 7) is 4.34. The first-order chi connectivity index (χ1) is 8.91. The predicted octanol–water partition coefficient (Wildman–Crippen LogP) is 6.63. The topological polar surface area (TPSA) is 20.2 Å². The minimum absolute atomic E-state index is 0.592. The molecule has 117 valence electrons. The first-order valence-electron chi connectivity index (χ1n) is 6.72. The Morgan fingerprint density at radius 2 is 1.74 bits per heavy atom. The molecule has 0 saturated carbocycles. The average molecular weight is 594 g/mol. The summed E-state index contributed by atoms with van der Waals surface area (Å²) >= 11 is 5.65. The van der Waals surface area contributed by atoms with E-state index in [1.807, 2.05) is 0 Å². The number of hydrogen-bond donors (Lipinski definition) is 1. The molecule has 0 aromatic carbocycles. The predicted molar refractivity (Wildman–Crippen MR) is 94.2 cm³/mol. The van der Waals surface area contributed by atoms with E-state index >= 15 is 0 Å². The molecule has 0 radical (unpaired) electrons. The molecule has 0 heterocycles. The molecule has 0 aromatic rings. The van der Waals surface area contributed by atoms with Crippen molar-refractivity contribution in [1.82, 2.24) is 0 Å². The van der Waals surface area contributed by atoms with Gasteiger partial charge in [0.2, 0.25) is 0 Å². The molecular weight excluding hydrogens is 567 g/mol. The van der Waals surface area contributed by atoms with Crippen molar-refractivity contribution < 1.29 is 16.2 Å². The van der Waals surface area contributed by atoms with Crippen LogP contribution in [0.5, 0.6) is 0 Å². The van der Waals surface area contributed by atoms with Crippen LogP contribution >= 0.6 is 35.1 Å². The van der Waals surface area contributed by atoms with Crippen LogP contribution in [0.2, 0.25) is 5.44 Å². The van der Waals surface area contributed by atoms with Crippen LogP contribution in [-0.4, -0.2) is 17.2 Å². The van der Waals surface area contributed by atoms with E-state index < -0.39 is 19.4 Å². The van der Waals surface area contributed by atoms with Gasteiger partial charge in [0.05, 0.1) is 0 Å². The second-order valence-electron chi connectivity index (χ2n) is 4.47. The zero-order valence-corrected chi connectivity index (χ0v) is 18.6. The Labute approximate surface area is 136 Å². The van der Waals surface area contributed by atoms with Gasteiger partial charge in [0.1, 0.15) is 0 Å². The van der Waals surface area contributed by atoms with Crippen molar-refractivity contribution in [2.45, 2.75) is 51.4 Å². The SMILES string of the molecule is CCCCP(O)CCCC.[CH3][Ir]([Br])([Br])[C]1=CC=CC1. The Balaban J connectivity index is 0.000000342. The van der Waals surface area contributed by atoms with Crippen LogP contribution < -0.4 is 0 Å². The Morgan fingerprint density at radius 3 is 2.00 bits per heavy atom. The zero-order valence-electron chi connectivity index (χ0n) is 12.2. The summed E-state index contributed by atoms with van der Waals surface area (Å²) in [7, 11) is -0.592. The number of rotatable bonds is 7. The van der Waals surface area contributed by atoms with Gasteiger partial charge in [0, 0.05) is 8.15 Å². The quantitative estimate of drug-likeness (QED) is 0.329. The summed E-state index contributed by atoms with van der Waals surface area (Å²) in [6, 6.07) is 0. The Bertz CT molecular complexity index is 280. The third kappa shape index (κ3) is 11.8. The fraction of sp³-hybridized carbons (Fsp3) is 0.714. The molecule has 0 fully saturated rings. The number of hydrogen-bond acceptors (Lipinski definition) is 1. The molecule has 1 aliphatic rings. The Kier molecular flexibility index (Phi) is 13.0. The Morgan fingerprint density at radius 1 is 1.21 bits per heavy atom. The van der Waals surface area contributed by atoms with Crippen LogP contribution in [0.4, 0.5) is 0 Å². The van der Waals surface area contributed by atoms with E-state index in [4.69, 9.17) is 0 Å². The van der Waals surface area contributed by atoms with E-state index in [1.54, 1.807) is 4.09 Å². The number of allylic oxidation sites excluding steroid dienone is 4. The second-order valence-corrected chi connectivity index (χ2v) is 35.3. The van der Waals surface area contributed by atoms with Crippen molar-refractivity contribution in [2.75, 3.05) is 12.3 Å². The third-order valence-corrected chi connectivity index (χ3v) is 13.4. The van der Waals surface area contributed by atoms with Crippen molar-refractivity contribution in [3.05, 3.63) is 22.3 Å². The summed E-state index contributed by atoms with van der Waals surface area (Å²) in [5.74, 6) is 0. The molecular formula is C14H27Br2IrOP. The summed E-state index contributed by atoms with van der Waals surface area (Å²) in [5.41, 5.74) is 2.28. The molecule has 0 amide bonds. The van der Waals surface area contributed by atoms with Crippen molar-refractivity contribution in [3.8, 4) is 0 Å². The molecule has 1 aliphatic carbocycles. The monoisotopic (exact) mass is 593 g/mol. The van der Waals surface area contributed by atoms with Crippen LogP contribution in [0, 0.1) is 0 Å². The maximum absolute atomic E-state index is 9.38. The molecule has 0 atom stereocenters. The maximum atomic E-state index is 9.38. The summed E-state index contributed by atoms with van der Waals surface area (Å²) in [6.07, 6.45) is 14.6. The fourth-order valence-electron chi connectivity index (χ4n) is 1.42. The van der Waals surface area contributed by atoms with Crippen LogP contribution in [0.1, 0.15) is 46.0 Å².